The van der Waals surface area contributed by atoms with Crippen molar-refractivity contribution >= 4 is 25.8 Å². The maximum absolute atomic E-state index is 11.4. The van der Waals surface area contributed by atoms with Crippen LogP contribution < -0.4 is 0 Å². The highest BCUT2D eigenvalue weighted by Crippen LogP contribution is 2.34. The molecular formula is C15H29N4O8P. The summed E-state index contributed by atoms with van der Waals surface area (Å²) in [7, 11) is -4.29. The van der Waals surface area contributed by atoms with Crippen LogP contribution in [0.4, 0.5) is 0 Å². The molecule has 0 spiro atoms. The van der Waals surface area contributed by atoms with E-state index in [2.05, 4.69) is 0 Å². The molecule has 1 fully saturated rings. The Balaban J connectivity index is 2.91. The fourth-order valence-corrected chi connectivity index (χ4v) is 3.77. The molecule has 0 bridgehead atoms. The Hall–Kier alpha value is -1.40. The van der Waals surface area contributed by atoms with Crippen molar-refractivity contribution in [2.75, 3.05) is 78.3 Å². The van der Waals surface area contributed by atoms with Gasteiger partial charge in [-0.25, -0.2) is 0 Å². The second-order valence-corrected chi connectivity index (χ2v) is 8.34. The maximum atomic E-state index is 11.4. The molecule has 1 saturated heterocycles. The maximum Gasteiger partial charge on any atom is 0.339 e. The Morgan fingerprint density at radius 3 is 1.43 bits per heavy atom. The van der Waals surface area contributed by atoms with Gasteiger partial charge < -0.3 is 24.8 Å². The first kappa shape index (κ1) is 24.6. The monoisotopic (exact) mass is 424 g/mol. The molecule has 28 heavy (non-hydrogen) atoms. The number of hydrogen-bond donors (Lipinski definition) is 4. The van der Waals surface area contributed by atoms with Gasteiger partial charge in [0.05, 0.1) is 19.6 Å². The van der Waals surface area contributed by atoms with Crippen LogP contribution in [0.15, 0.2) is 0 Å². The summed E-state index contributed by atoms with van der Waals surface area (Å²) in [6.07, 6.45) is 0.281. The van der Waals surface area contributed by atoms with Gasteiger partial charge in [-0.1, -0.05) is 0 Å². The van der Waals surface area contributed by atoms with E-state index in [0.29, 0.717) is 39.3 Å². The molecule has 0 aromatic heterocycles. The summed E-state index contributed by atoms with van der Waals surface area (Å²) in [6.45, 7) is 2.28. The molecule has 0 radical (unpaired) electrons. The molecule has 0 aromatic carbocycles. The molecule has 0 atom stereocenters. The van der Waals surface area contributed by atoms with Crippen LogP contribution >= 0.6 is 7.60 Å². The second kappa shape index (κ2) is 12.2. The van der Waals surface area contributed by atoms with Crippen LogP contribution in [0, 0.1) is 0 Å². The van der Waals surface area contributed by atoms with Crippen molar-refractivity contribution < 1.29 is 38.9 Å². The summed E-state index contributed by atoms with van der Waals surface area (Å²) in [5.41, 5.74) is 0. The summed E-state index contributed by atoms with van der Waals surface area (Å²) >= 11 is 0. The molecule has 0 aromatic rings. The molecule has 4 N–H and O–H groups in total. The number of rotatable bonds is 8. The number of carboxylic acid groups (broad SMARTS) is 2. The summed E-state index contributed by atoms with van der Waals surface area (Å²) in [5, 5.41) is 18.2. The Morgan fingerprint density at radius 2 is 1.11 bits per heavy atom. The number of carbonyl (C=O) groups is 3. The third kappa shape index (κ3) is 11.4. The van der Waals surface area contributed by atoms with Gasteiger partial charge in [-0.3, -0.25) is 33.8 Å². The Kier molecular flexibility index (Phi) is 10.8. The van der Waals surface area contributed by atoms with Gasteiger partial charge in [-0.15, -0.1) is 0 Å². The smallest absolute Gasteiger partial charge is 0.339 e. The number of aliphatic carboxylic acids is 2. The van der Waals surface area contributed by atoms with E-state index < -0.39 is 25.8 Å². The van der Waals surface area contributed by atoms with Crippen molar-refractivity contribution in [1.82, 2.24) is 19.6 Å². The lowest BCUT2D eigenvalue weighted by Gasteiger charge is -2.33. The fourth-order valence-electron chi connectivity index (χ4n) is 2.97. The van der Waals surface area contributed by atoms with Gasteiger partial charge in [0.1, 0.15) is 12.6 Å². The minimum absolute atomic E-state index is 0.135. The van der Waals surface area contributed by atoms with E-state index in [9.17, 15) is 28.7 Å². The molecule has 0 unspecified atom stereocenters. The fraction of sp³-hybridized carbons (Fsp3) is 0.800. The zero-order chi connectivity index (χ0) is 21.2. The molecule has 1 aliphatic rings. The topological polar surface area (TPSA) is 162 Å². The number of aldehydes is 1. The van der Waals surface area contributed by atoms with Crippen LogP contribution in [-0.4, -0.2) is 136 Å². The van der Waals surface area contributed by atoms with E-state index in [1.165, 1.54) is 0 Å². The zero-order valence-electron chi connectivity index (χ0n) is 15.7. The number of hydrogen-bond acceptors (Lipinski definition) is 8. The molecule has 0 aliphatic carbocycles. The van der Waals surface area contributed by atoms with Gasteiger partial charge in [-0.2, -0.15) is 0 Å². The van der Waals surface area contributed by atoms with Crippen LogP contribution in [0.1, 0.15) is 0 Å². The van der Waals surface area contributed by atoms with Crippen LogP contribution in [0.5, 0.6) is 0 Å². The van der Waals surface area contributed by atoms with Crippen molar-refractivity contribution in [1.29, 1.82) is 0 Å². The van der Waals surface area contributed by atoms with Crippen molar-refractivity contribution in [2.45, 2.75) is 0 Å². The van der Waals surface area contributed by atoms with Crippen LogP contribution in [0.3, 0.4) is 0 Å². The highest BCUT2D eigenvalue weighted by molar-refractivity contribution is 7.51. The van der Waals surface area contributed by atoms with Gasteiger partial charge in [0.2, 0.25) is 0 Å². The van der Waals surface area contributed by atoms with Crippen LogP contribution in [-0.2, 0) is 18.9 Å². The standard InChI is InChI=1S/C15H29N4O8P/c20-10-9-16-1-3-17(11-14(21)22)4-5-18(12-15(23)24)6-8-19(7-2-16)13-28(25,26)27/h10H,1-9,11-13H2,(H,21,22)(H,23,24)(H2,25,26,27). The first-order chi connectivity index (χ1) is 13.1. The molecule has 162 valence electrons. The Bertz CT molecular complexity index is 572. The predicted octanol–water partition coefficient (Wildman–Crippen LogP) is -2.29. The van der Waals surface area contributed by atoms with Gasteiger partial charge in [0, 0.05) is 52.4 Å². The molecule has 1 aliphatic heterocycles. The Labute approximate surface area is 163 Å². The number of carbonyl (C=O) groups excluding carboxylic acids is 1. The lowest BCUT2D eigenvalue weighted by Crippen LogP contribution is -2.48. The third-order valence-electron chi connectivity index (χ3n) is 4.36. The largest absolute Gasteiger partial charge is 0.480 e. The average Bonchev–Trinajstić information content (AvgIpc) is 2.55. The molecule has 1 rings (SSSR count). The highest BCUT2D eigenvalue weighted by atomic mass is 31.2. The van der Waals surface area contributed by atoms with E-state index in [1.807, 2.05) is 0 Å². The van der Waals surface area contributed by atoms with Gasteiger partial charge >= 0.3 is 19.5 Å². The first-order valence-electron chi connectivity index (χ1n) is 8.90. The lowest BCUT2D eigenvalue weighted by molar-refractivity contribution is -0.140. The minimum atomic E-state index is -4.29. The van der Waals surface area contributed by atoms with E-state index in [0.717, 1.165) is 6.29 Å². The van der Waals surface area contributed by atoms with E-state index in [1.54, 1.807) is 19.6 Å². The van der Waals surface area contributed by atoms with Crippen molar-refractivity contribution in [3.05, 3.63) is 0 Å². The SMILES string of the molecule is O=CCN1CCN(CC(=O)O)CCN(CC(=O)O)CCN(CP(=O)(O)O)CC1. The lowest BCUT2D eigenvalue weighted by atomic mass is 10.3. The highest BCUT2D eigenvalue weighted by Gasteiger charge is 2.23. The zero-order valence-corrected chi connectivity index (χ0v) is 16.6. The first-order valence-corrected chi connectivity index (χ1v) is 10.7. The molecule has 13 heteroatoms. The van der Waals surface area contributed by atoms with E-state index in [-0.39, 0.29) is 32.7 Å². The summed E-state index contributed by atoms with van der Waals surface area (Å²) < 4.78 is 11.4. The molecular weight excluding hydrogens is 395 g/mol. The van der Waals surface area contributed by atoms with Gasteiger partial charge in [0.25, 0.3) is 0 Å². The third-order valence-corrected chi connectivity index (χ3v) is 5.13. The van der Waals surface area contributed by atoms with E-state index >= 15 is 0 Å². The molecule has 12 nitrogen and oxygen atoms in total. The molecule has 0 saturated carbocycles. The van der Waals surface area contributed by atoms with E-state index in [4.69, 9.17) is 10.2 Å². The van der Waals surface area contributed by atoms with Crippen LogP contribution in [0.25, 0.3) is 0 Å². The van der Waals surface area contributed by atoms with Crippen molar-refractivity contribution in [3.8, 4) is 0 Å². The average molecular weight is 424 g/mol. The molecule has 1 heterocycles. The van der Waals surface area contributed by atoms with Crippen molar-refractivity contribution in [3.63, 3.8) is 0 Å². The summed E-state index contributed by atoms with van der Waals surface area (Å²) in [4.78, 5) is 58.3. The summed E-state index contributed by atoms with van der Waals surface area (Å²) in [5.74, 6) is -2.03. The van der Waals surface area contributed by atoms with Crippen molar-refractivity contribution in [2.24, 2.45) is 0 Å². The van der Waals surface area contributed by atoms with Gasteiger partial charge in [-0.05, 0) is 0 Å². The van der Waals surface area contributed by atoms with Gasteiger partial charge in [0.15, 0.2) is 0 Å². The minimum Gasteiger partial charge on any atom is -0.480 e. The predicted molar refractivity (Wildman–Crippen MR) is 99.1 cm³/mol. The number of nitrogens with zero attached hydrogens (tertiary/aromatic N) is 4. The van der Waals surface area contributed by atoms with Crippen LogP contribution in [0.2, 0.25) is 0 Å². The molecule has 0 amide bonds. The normalized spacial score (nSPS) is 20.2. The number of carboxylic acids is 2. The summed E-state index contributed by atoms with van der Waals surface area (Å²) in [6, 6.07) is 0. The quantitative estimate of drug-likeness (QED) is 0.244. The Morgan fingerprint density at radius 1 is 0.750 bits per heavy atom. The second-order valence-electron chi connectivity index (χ2n) is 6.73.